The molecule has 7 heteroatoms. The minimum Gasteiger partial charge on any atom is -0.451 e. The van der Waals surface area contributed by atoms with Crippen molar-refractivity contribution in [1.29, 1.82) is 0 Å². The van der Waals surface area contributed by atoms with Crippen LogP contribution in [0.4, 0.5) is 13.2 Å². The Morgan fingerprint density at radius 2 is 1.80 bits per heavy atom. The van der Waals surface area contributed by atoms with E-state index in [2.05, 4.69) is 10.3 Å². The highest BCUT2D eigenvalue weighted by Crippen LogP contribution is 2.31. The Morgan fingerprint density at radius 3 is 2.44 bits per heavy atom. The molecule has 3 rings (SSSR count). The molecule has 0 fully saturated rings. The van der Waals surface area contributed by atoms with Gasteiger partial charge < -0.3 is 9.73 Å². The topological polar surface area (TPSA) is 55.1 Å². The van der Waals surface area contributed by atoms with E-state index in [1.165, 1.54) is 24.8 Å². The molecule has 0 bridgehead atoms. The highest BCUT2D eigenvalue weighted by atomic mass is 19.4. The van der Waals surface area contributed by atoms with Gasteiger partial charge >= 0.3 is 6.18 Å². The summed E-state index contributed by atoms with van der Waals surface area (Å²) in [6, 6.07) is 11.4. The second kappa shape index (κ2) is 6.80. The Kier molecular flexibility index (Phi) is 4.56. The fourth-order valence-corrected chi connectivity index (χ4v) is 2.36. The Labute approximate surface area is 141 Å². The molecule has 128 valence electrons. The summed E-state index contributed by atoms with van der Waals surface area (Å²) in [5.41, 5.74) is 1.28. The zero-order valence-electron chi connectivity index (χ0n) is 12.9. The molecule has 0 aliphatic rings. The van der Waals surface area contributed by atoms with Crippen LogP contribution in [0.5, 0.6) is 0 Å². The first-order chi connectivity index (χ1) is 11.9. The molecule has 0 aliphatic carbocycles. The van der Waals surface area contributed by atoms with E-state index in [0.717, 1.165) is 12.1 Å². The first-order valence-corrected chi connectivity index (χ1v) is 7.37. The number of carbonyl (C=O) groups excluding carboxylic acids is 1. The zero-order chi connectivity index (χ0) is 17.9. The number of aromatic nitrogens is 1. The molecule has 1 heterocycles. The monoisotopic (exact) mass is 346 g/mol. The SMILES string of the molecule is O=C(NCc1cocn1)c1ccccc1-c1ccc(C(F)(F)F)cc1. The van der Waals surface area contributed by atoms with Crippen LogP contribution < -0.4 is 5.32 Å². The lowest BCUT2D eigenvalue weighted by Gasteiger charge is -2.11. The molecule has 25 heavy (non-hydrogen) atoms. The number of benzene rings is 2. The van der Waals surface area contributed by atoms with Gasteiger partial charge in [0, 0.05) is 5.56 Å². The number of carbonyl (C=O) groups is 1. The minimum atomic E-state index is -4.40. The maximum Gasteiger partial charge on any atom is 0.416 e. The molecule has 1 N–H and O–H groups in total. The van der Waals surface area contributed by atoms with Crippen molar-refractivity contribution >= 4 is 5.91 Å². The third kappa shape index (κ3) is 3.88. The fourth-order valence-electron chi connectivity index (χ4n) is 2.36. The molecule has 0 unspecified atom stereocenters. The molecule has 4 nitrogen and oxygen atoms in total. The van der Waals surface area contributed by atoms with Crippen LogP contribution in [0.15, 0.2) is 65.6 Å². The molecular weight excluding hydrogens is 333 g/mol. The van der Waals surface area contributed by atoms with Crippen molar-refractivity contribution in [2.75, 3.05) is 0 Å². The highest BCUT2D eigenvalue weighted by Gasteiger charge is 2.30. The lowest BCUT2D eigenvalue weighted by atomic mass is 9.98. The maximum atomic E-state index is 12.7. The summed E-state index contributed by atoms with van der Waals surface area (Å²) in [6.07, 6.45) is -1.72. The minimum absolute atomic E-state index is 0.191. The molecule has 1 amide bonds. The van der Waals surface area contributed by atoms with E-state index in [1.54, 1.807) is 24.3 Å². The van der Waals surface area contributed by atoms with Gasteiger partial charge in [0.05, 0.1) is 17.8 Å². The zero-order valence-corrected chi connectivity index (χ0v) is 12.9. The number of rotatable bonds is 4. The highest BCUT2D eigenvalue weighted by molar-refractivity contribution is 6.00. The average molecular weight is 346 g/mol. The van der Waals surface area contributed by atoms with Gasteiger partial charge in [-0.05, 0) is 29.3 Å². The predicted octanol–water partition coefficient (Wildman–Crippen LogP) is 4.29. The number of halogens is 3. The lowest BCUT2D eigenvalue weighted by Crippen LogP contribution is -2.23. The molecule has 3 aromatic rings. The van der Waals surface area contributed by atoms with Crippen molar-refractivity contribution in [3.63, 3.8) is 0 Å². The number of nitrogens with zero attached hydrogens (tertiary/aromatic N) is 1. The molecule has 1 aromatic heterocycles. The van der Waals surface area contributed by atoms with E-state index >= 15 is 0 Å². The quantitative estimate of drug-likeness (QED) is 0.767. The van der Waals surface area contributed by atoms with Gasteiger partial charge in [0.15, 0.2) is 6.39 Å². The van der Waals surface area contributed by atoms with E-state index < -0.39 is 11.7 Å². The maximum absolute atomic E-state index is 12.7. The van der Waals surface area contributed by atoms with E-state index in [4.69, 9.17) is 4.42 Å². The van der Waals surface area contributed by atoms with Gasteiger partial charge in [-0.25, -0.2) is 4.98 Å². The standard InChI is InChI=1S/C18H13F3N2O2/c19-18(20,21)13-7-5-12(6-8-13)15-3-1-2-4-16(15)17(24)22-9-14-10-25-11-23-14/h1-8,10-11H,9H2,(H,22,24). The smallest absolute Gasteiger partial charge is 0.416 e. The third-order valence-electron chi connectivity index (χ3n) is 3.61. The molecule has 0 aliphatic heterocycles. The number of alkyl halides is 3. The number of oxazole rings is 1. The third-order valence-corrected chi connectivity index (χ3v) is 3.61. The van der Waals surface area contributed by atoms with Gasteiger partial charge in [0.25, 0.3) is 5.91 Å². The Hall–Kier alpha value is -3.09. The van der Waals surface area contributed by atoms with Crippen molar-refractivity contribution in [3.05, 3.63) is 78.0 Å². The molecule has 0 saturated heterocycles. The summed E-state index contributed by atoms with van der Waals surface area (Å²) < 4.78 is 42.9. The normalized spacial score (nSPS) is 11.3. The van der Waals surface area contributed by atoms with Crippen LogP contribution in [0.1, 0.15) is 21.6 Å². The molecular formula is C18H13F3N2O2. The van der Waals surface area contributed by atoms with Gasteiger partial charge in [-0.15, -0.1) is 0 Å². The van der Waals surface area contributed by atoms with Crippen LogP contribution in [0.25, 0.3) is 11.1 Å². The van der Waals surface area contributed by atoms with Crippen molar-refractivity contribution in [2.45, 2.75) is 12.7 Å². The first kappa shape index (κ1) is 16.8. The van der Waals surface area contributed by atoms with Crippen LogP contribution >= 0.6 is 0 Å². The molecule has 0 atom stereocenters. The fraction of sp³-hybridized carbons (Fsp3) is 0.111. The summed E-state index contributed by atoms with van der Waals surface area (Å²) in [5.74, 6) is -0.349. The summed E-state index contributed by atoms with van der Waals surface area (Å²) >= 11 is 0. The predicted molar refractivity (Wildman–Crippen MR) is 84.6 cm³/mol. The first-order valence-electron chi connectivity index (χ1n) is 7.37. The van der Waals surface area contributed by atoms with Gasteiger partial charge in [0.2, 0.25) is 0 Å². The number of amides is 1. The second-order valence-corrected chi connectivity index (χ2v) is 5.28. The van der Waals surface area contributed by atoms with E-state index in [0.29, 0.717) is 22.4 Å². The van der Waals surface area contributed by atoms with Gasteiger partial charge in [-0.3, -0.25) is 4.79 Å². The summed E-state index contributed by atoms with van der Waals surface area (Å²) in [7, 11) is 0. The molecule has 0 saturated carbocycles. The Bertz CT molecular complexity index is 857. The number of nitrogens with one attached hydrogen (secondary N) is 1. The van der Waals surface area contributed by atoms with E-state index in [1.807, 2.05) is 0 Å². The van der Waals surface area contributed by atoms with Crippen molar-refractivity contribution in [2.24, 2.45) is 0 Å². The van der Waals surface area contributed by atoms with Crippen molar-refractivity contribution < 1.29 is 22.4 Å². The second-order valence-electron chi connectivity index (χ2n) is 5.28. The van der Waals surface area contributed by atoms with Gasteiger partial charge in [0.1, 0.15) is 6.26 Å². The molecule has 0 radical (unpaired) electrons. The van der Waals surface area contributed by atoms with Gasteiger partial charge in [-0.1, -0.05) is 30.3 Å². The van der Waals surface area contributed by atoms with Crippen molar-refractivity contribution in [3.8, 4) is 11.1 Å². The van der Waals surface area contributed by atoms with Crippen molar-refractivity contribution in [1.82, 2.24) is 10.3 Å². The molecule has 2 aromatic carbocycles. The van der Waals surface area contributed by atoms with E-state index in [-0.39, 0.29) is 12.5 Å². The Balaban J connectivity index is 1.84. The van der Waals surface area contributed by atoms with Crippen LogP contribution in [0, 0.1) is 0 Å². The number of hydrogen-bond acceptors (Lipinski definition) is 3. The van der Waals surface area contributed by atoms with Gasteiger partial charge in [-0.2, -0.15) is 13.2 Å². The van der Waals surface area contributed by atoms with Crippen LogP contribution in [0.3, 0.4) is 0 Å². The van der Waals surface area contributed by atoms with Crippen LogP contribution in [-0.2, 0) is 12.7 Å². The number of hydrogen-bond donors (Lipinski definition) is 1. The summed E-state index contributed by atoms with van der Waals surface area (Å²) in [4.78, 5) is 16.3. The van der Waals surface area contributed by atoms with Crippen LogP contribution in [0.2, 0.25) is 0 Å². The summed E-state index contributed by atoms with van der Waals surface area (Å²) in [5, 5.41) is 2.71. The van der Waals surface area contributed by atoms with Crippen LogP contribution in [-0.4, -0.2) is 10.9 Å². The summed E-state index contributed by atoms with van der Waals surface area (Å²) in [6.45, 7) is 0.191. The lowest BCUT2D eigenvalue weighted by molar-refractivity contribution is -0.137. The average Bonchev–Trinajstić information content (AvgIpc) is 3.12. The van der Waals surface area contributed by atoms with E-state index in [9.17, 15) is 18.0 Å². The Morgan fingerprint density at radius 1 is 1.08 bits per heavy atom. The largest absolute Gasteiger partial charge is 0.451 e. The molecule has 0 spiro atoms.